The number of nitrogens with one attached hydrogen (secondary N) is 1. The van der Waals surface area contributed by atoms with Crippen LogP contribution in [0.3, 0.4) is 0 Å². The van der Waals surface area contributed by atoms with Gasteiger partial charge in [0.15, 0.2) is 0 Å². The molecule has 0 unspecified atom stereocenters. The summed E-state index contributed by atoms with van der Waals surface area (Å²) in [6.45, 7) is 5.14. The van der Waals surface area contributed by atoms with Gasteiger partial charge >= 0.3 is 0 Å². The molecule has 0 saturated carbocycles. The maximum Gasteiger partial charge on any atom is 0.227 e. The Bertz CT molecular complexity index is 537. The molecule has 0 aliphatic carbocycles. The third-order valence-electron chi connectivity index (χ3n) is 3.98. The summed E-state index contributed by atoms with van der Waals surface area (Å²) in [6, 6.07) is 5.46. The summed E-state index contributed by atoms with van der Waals surface area (Å²) >= 11 is 5.96. The van der Waals surface area contributed by atoms with Crippen molar-refractivity contribution in [2.45, 2.75) is 33.1 Å². The van der Waals surface area contributed by atoms with Gasteiger partial charge in [-0.15, -0.1) is 0 Å². The predicted octanol–water partition coefficient (Wildman–Crippen LogP) is 3.24. The molecule has 0 atom stereocenters. The normalized spacial score (nSPS) is 15.9. The molecule has 5 heteroatoms. The van der Waals surface area contributed by atoms with E-state index < -0.39 is 0 Å². The first kappa shape index (κ1) is 15.8. The number of rotatable bonds is 3. The molecular formula is C16H21ClN2O2. The quantitative estimate of drug-likeness (QED) is 0.932. The third kappa shape index (κ3) is 3.97. The van der Waals surface area contributed by atoms with E-state index in [1.165, 1.54) is 0 Å². The molecule has 2 rings (SSSR count). The summed E-state index contributed by atoms with van der Waals surface area (Å²) in [5.41, 5.74) is 1.76. The van der Waals surface area contributed by atoms with Gasteiger partial charge in [0.25, 0.3) is 0 Å². The van der Waals surface area contributed by atoms with Crippen molar-refractivity contribution >= 4 is 29.1 Å². The minimum absolute atomic E-state index is 0.0176. The molecule has 1 N–H and O–H groups in total. The van der Waals surface area contributed by atoms with Gasteiger partial charge in [0.2, 0.25) is 11.8 Å². The lowest BCUT2D eigenvalue weighted by molar-refractivity contribution is -0.134. The lowest BCUT2D eigenvalue weighted by Crippen LogP contribution is -2.41. The zero-order valence-electron chi connectivity index (χ0n) is 12.5. The SMILES string of the molecule is CCC(=O)N1CCC(C(=O)Nc2cc(Cl)ccc2C)CC1. The minimum Gasteiger partial charge on any atom is -0.343 e. The summed E-state index contributed by atoms with van der Waals surface area (Å²) in [7, 11) is 0. The Kier molecular flexibility index (Phi) is 5.23. The van der Waals surface area contributed by atoms with E-state index in [1.54, 1.807) is 12.1 Å². The number of amides is 2. The van der Waals surface area contributed by atoms with E-state index in [1.807, 2.05) is 24.8 Å². The highest BCUT2D eigenvalue weighted by Crippen LogP contribution is 2.23. The lowest BCUT2D eigenvalue weighted by Gasteiger charge is -2.31. The van der Waals surface area contributed by atoms with Crippen molar-refractivity contribution in [3.63, 3.8) is 0 Å². The van der Waals surface area contributed by atoms with Gasteiger partial charge in [0, 0.05) is 36.1 Å². The number of hydrogen-bond donors (Lipinski definition) is 1. The summed E-state index contributed by atoms with van der Waals surface area (Å²) in [5.74, 6) is 0.146. The molecule has 4 nitrogen and oxygen atoms in total. The van der Waals surface area contributed by atoms with Crippen molar-refractivity contribution in [1.29, 1.82) is 0 Å². The van der Waals surface area contributed by atoms with E-state index >= 15 is 0 Å². The maximum atomic E-state index is 12.3. The Morgan fingerprint density at radius 3 is 2.62 bits per heavy atom. The van der Waals surface area contributed by atoms with Gasteiger partial charge in [-0.1, -0.05) is 24.6 Å². The molecule has 1 aromatic rings. The smallest absolute Gasteiger partial charge is 0.227 e. The summed E-state index contributed by atoms with van der Waals surface area (Å²) in [6.07, 6.45) is 1.97. The highest BCUT2D eigenvalue weighted by atomic mass is 35.5. The number of nitrogens with zero attached hydrogens (tertiary/aromatic N) is 1. The second-order valence-corrected chi connectivity index (χ2v) is 5.89. The van der Waals surface area contributed by atoms with Crippen LogP contribution in [0.15, 0.2) is 18.2 Å². The topological polar surface area (TPSA) is 49.4 Å². The zero-order chi connectivity index (χ0) is 15.4. The van der Waals surface area contributed by atoms with Crippen LogP contribution in [0.2, 0.25) is 5.02 Å². The van der Waals surface area contributed by atoms with Crippen molar-refractivity contribution in [3.8, 4) is 0 Å². The standard InChI is InChI=1S/C16H21ClN2O2/c1-3-15(20)19-8-6-12(7-9-19)16(21)18-14-10-13(17)5-4-11(14)2/h4-5,10,12H,3,6-9H2,1-2H3,(H,18,21). The van der Waals surface area contributed by atoms with Gasteiger partial charge < -0.3 is 10.2 Å². The van der Waals surface area contributed by atoms with Crippen molar-refractivity contribution in [3.05, 3.63) is 28.8 Å². The largest absolute Gasteiger partial charge is 0.343 e. The number of likely N-dealkylation sites (tertiary alicyclic amines) is 1. The van der Waals surface area contributed by atoms with Crippen LogP contribution in [-0.4, -0.2) is 29.8 Å². The molecule has 2 amide bonds. The average Bonchev–Trinajstić information content (AvgIpc) is 2.50. The van der Waals surface area contributed by atoms with Crippen LogP contribution in [0.25, 0.3) is 0 Å². The lowest BCUT2D eigenvalue weighted by atomic mass is 9.95. The predicted molar refractivity (Wildman–Crippen MR) is 84.4 cm³/mol. The first-order valence-electron chi connectivity index (χ1n) is 7.36. The van der Waals surface area contributed by atoms with Crippen LogP contribution in [0.4, 0.5) is 5.69 Å². The third-order valence-corrected chi connectivity index (χ3v) is 4.21. The van der Waals surface area contributed by atoms with Crippen molar-refractivity contribution in [2.75, 3.05) is 18.4 Å². The molecule has 0 radical (unpaired) electrons. The molecular weight excluding hydrogens is 288 g/mol. The van der Waals surface area contributed by atoms with Crippen molar-refractivity contribution < 1.29 is 9.59 Å². The zero-order valence-corrected chi connectivity index (χ0v) is 13.2. The van der Waals surface area contributed by atoms with E-state index in [4.69, 9.17) is 11.6 Å². The average molecular weight is 309 g/mol. The molecule has 1 aliphatic heterocycles. The van der Waals surface area contributed by atoms with E-state index in [0.29, 0.717) is 24.5 Å². The molecule has 0 aromatic heterocycles. The first-order valence-corrected chi connectivity index (χ1v) is 7.74. The molecule has 21 heavy (non-hydrogen) atoms. The van der Waals surface area contributed by atoms with E-state index in [9.17, 15) is 9.59 Å². The van der Waals surface area contributed by atoms with Crippen LogP contribution in [-0.2, 0) is 9.59 Å². The summed E-state index contributed by atoms with van der Waals surface area (Å²) < 4.78 is 0. The van der Waals surface area contributed by atoms with E-state index in [2.05, 4.69) is 5.32 Å². The van der Waals surface area contributed by atoms with Crippen LogP contribution in [0.1, 0.15) is 31.7 Å². The minimum atomic E-state index is -0.0377. The Morgan fingerprint density at radius 2 is 2.00 bits per heavy atom. The Balaban J connectivity index is 1.93. The van der Waals surface area contributed by atoms with Gasteiger partial charge in [-0.2, -0.15) is 0 Å². The monoisotopic (exact) mass is 308 g/mol. The van der Waals surface area contributed by atoms with Gasteiger partial charge in [-0.3, -0.25) is 9.59 Å². The second kappa shape index (κ2) is 6.94. The molecule has 1 heterocycles. The number of benzene rings is 1. The van der Waals surface area contributed by atoms with E-state index in [-0.39, 0.29) is 17.7 Å². The molecule has 1 aromatic carbocycles. The first-order chi connectivity index (χ1) is 10.0. The second-order valence-electron chi connectivity index (χ2n) is 5.46. The number of carbonyl (C=O) groups is 2. The van der Waals surface area contributed by atoms with Crippen molar-refractivity contribution in [1.82, 2.24) is 4.90 Å². The Labute approximate surface area is 130 Å². The number of halogens is 1. The van der Waals surface area contributed by atoms with Crippen molar-refractivity contribution in [2.24, 2.45) is 5.92 Å². The van der Waals surface area contributed by atoms with Crippen LogP contribution < -0.4 is 5.32 Å². The van der Waals surface area contributed by atoms with Gasteiger partial charge in [-0.25, -0.2) is 0 Å². The number of anilines is 1. The number of hydrogen-bond acceptors (Lipinski definition) is 2. The highest BCUT2D eigenvalue weighted by molar-refractivity contribution is 6.31. The molecule has 1 aliphatic rings. The molecule has 114 valence electrons. The molecule has 0 spiro atoms. The number of carbonyl (C=O) groups excluding carboxylic acids is 2. The molecule has 0 bridgehead atoms. The fraction of sp³-hybridized carbons (Fsp3) is 0.500. The Morgan fingerprint density at radius 1 is 1.33 bits per heavy atom. The molecule has 1 saturated heterocycles. The van der Waals surface area contributed by atoms with Gasteiger partial charge in [0.1, 0.15) is 0 Å². The van der Waals surface area contributed by atoms with Crippen LogP contribution in [0, 0.1) is 12.8 Å². The van der Waals surface area contributed by atoms with Gasteiger partial charge in [0.05, 0.1) is 0 Å². The number of aryl methyl sites for hydroxylation is 1. The fourth-order valence-corrected chi connectivity index (χ4v) is 2.75. The van der Waals surface area contributed by atoms with Crippen LogP contribution >= 0.6 is 11.6 Å². The van der Waals surface area contributed by atoms with Crippen LogP contribution in [0.5, 0.6) is 0 Å². The Hall–Kier alpha value is -1.55. The molecule has 1 fully saturated rings. The summed E-state index contributed by atoms with van der Waals surface area (Å²) in [5, 5.41) is 3.56. The number of piperidine rings is 1. The maximum absolute atomic E-state index is 12.3. The fourth-order valence-electron chi connectivity index (χ4n) is 2.58. The van der Waals surface area contributed by atoms with E-state index in [0.717, 1.165) is 24.1 Å². The summed E-state index contributed by atoms with van der Waals surface area (Å²) in [4.78, 5) is 25.8. The highest BCUT2D eigenvalue weighted by Gasteiger charge is 2.26. The van der Waals surface area contributed by atoms with Gasteiger partial charge in [-0.05, 0) is 37.5 Å².